The summed E-state index contributed by atoms with van der Waals surface area (Å²) in [6, 6.07) is 12.9. The Labute approximate surface area is 139 Å². The number of nitrogens with one attached hydrogen (secondary N) is 2. The van der Waals surface area contributed by atoms with Crippen molar-refractivity contribution in [1.82, 2.24) is 5.32 Å². The average molecular weight is 337 g/mol. The second-order valence-electron chi connectivity index (χ2n) is 4.86. The number of rotatable bonds is 4. The molecule has 0 amide bonds. The number of thiocarbonyl (C=S) groups is 1. The summed E-state index contributed by atoms with van der Waals surface area (Å²) in [6.45, 7) is 2.12. The van der Waals surface area contributed by atoms with Gasteiger partial charge in [0.1, 0.15) is 5.75 Å². The van der Waals surface area contributed by atoms with E-state index in [4.69, 9.17) is 23.8 Å². The second kappa shape index (κ2) is 7.45. The molecule has 0 radical (unpaired) electrons. The Morgan fingerprint density at radius 3 is 2.59 bits per heavy atom. The van der Waals surface area contributed by atoms with Gasteiger partial charge in [0.25, 0.3) is 0 Å². The van der Waals surface area contributed by atoms with Crippen molar-refractivity contribution < 1.29 is 10.2 Å². The molecule has 1 unspecified atom stereocenters. The molecule has 0 saturated carbocycles. The Balaban J connectivity index is 2.05. The molecule has 0 aliphatic rings. The van der Waals surface area contributed by atoms with Crippen molar-refractivity contribution >= 4 is 34.6 Å². The van der Waals surface area contributed by atoms with Crippen molar-refractivity contribution in [2.24, 2.45) is 0 Å². The van der Waals surface area contributed by atoms with Crippen LogP contribution in [0.15, 0.2) is 42.5 Å². The van der Waals surface area contributed by atoms with Crippen molar-refractivity contribution in [2.45, 2.75) is 19.6 Å². The molecule has 0 spiro atoms. The van der Waals surface area contributed by atoms with Crippen molar-refractivity contribution in [3.05, 3.63) is 58.6 Å². The lowest BCUT2D eigenvalue weighted by atomic mass is 10.1. The minimum atomic E-state index is -0.829. The van der Waals surface area contributed by atoms with Crippen LogP contribution >= 0.6 is 23.8 Å². The van der Waals surface area contributed by atoms with Crippen LogP contribution in [0.1, 0.15) is 24.2 Å². The molecule has 0 aromatic heterocycles. The van der Waals surface area contributed by atoms with Crippen molar-refractivity contribution in [2.75, 3.05) is 5.32 Å². The molecular formula is C16H17ClN2O2S. The third-order valence-electron chi connectivity index (χ3n) is 3.10. The zero-order valence-corrected chi connectivity index (χ0v) is 13.6. The normalized spacial score (nSPS) is 11.8. The van der Waals surface area contributed by atoms with E-state index in [9.17, 15) is 10.2 Å². The number of phenolic OH excluding ortho intramolecular Hbond substituents is 1. The molecule has 4 nitrogen and oxygen atoms in total. The average Bonchev–Trinajstić information content (AvgIpc) is 2.49. The van der Waals surface area contributed by atoms with Gasteiger partial charge in [0.05, 0.1) is 11.8 Å². The lowest BCUT2D eigenvalue weighted by Crippen LogP contribution is -2.28. The maximum absolute atomic E-state index is 10.1. The van der Waals surface area contributed by atoms with Crippen LogP contribution < -0.4 is 10.6 Å². The van der Waals surface area contributed by atoms with Gasteiger partial charge in [-0.3, -0.25) is 0 Å². The van der Waals surface area contributed by atoms with Gasteiger partial charge < -0.3 is 20.8 Å². The Morgan fingerprint density at radius 2 is 1.95 bits per heavy atom. The lowest BCUT2D eigenvalue weighted by molar-refractivity contribution is 0.195. The van der Waals surface area contributed by atoms with Gasteiger partial charge in [-0.25, -0.2) is 0 Å². The van der Waals surface area contributed by atoms with E-state index >= 15 is 0 Å². The summed E-state index contributed by atoms with van der Waals surface area (Å²) in [6.07, 6.45) is -0.829. The summed E-state index contributed by atoms with van der Waals surface area (Å²) in [7, 11) is 0. The Kier molecular flexibility index (Phi) is 5.60. The highest BCUT2D eigenvalue weighted by Crippen LogP contribution is 2.35. The predicted molar refractivity (Wildman–Crippen MR) is 93.3 cm³/mol. The highest BCUT2D eigenvalue weighted by atomic mass is 35.5. The van der Waals surface area contributed by atoms with Gasteiger partial charge in [0, 0.05) is 17.1 Å². The summed E-state index contributed by atoms with van der Waals surface area (Å²) >= 11 is 11.2. The van der Waals surface area contributed by atoms with Crippen LogP contribution in [-0.2, 0) is 6.54 Å². The van der Waals surface area contributed by atoms with Crippen LogP contribution in [0.5, 0.6) is 5.75 Å². The molecule has 2 aromatic rings. The number of benzene rings is 2. The predicted octanol–water partition coefficient (Wildman–Crippen LogP) is 3.59. The van der Waals surface area contributed by atoms with Gasteiger partial charge in [0.2, 0.25) is 0 Å². The lowest BCUT2D eigenvalue weighted by Gasteiger charge is -2.15. The van der Waals surface area contributed by atoms with E-state index in [-0.39, 0.29) is 5.75 Å². The molecule has 22 heavy (non-hydrogen) atoms. The van der Waals surface area contributed by atoms with Crippen LogP contribution in [-0.4, -0.2) is 15.3 Å². The molecule has 1 atom stereocenters. The van der Waals surface area contributed by atoms with Crippen LogP contribution in [0.3, 0.4) is 0 Å². The summed E-state index contributed by atoms with van der Waals surface area (Å²) in [5.41, 5.74) is 1.79. The zero-order valence-electron chi connectivity index (χ0n) is 12.0. The number of hydrogen-bond donors (Lipinski definition) is 4. The minimum absolute atomic E-state index is 0.0664. The SMILES string of the molecule is CC(O)c1cc(Cl)cc(NC(=S)NCc2ccccc2)c1O. The van der Waals surface area contributed by atoms with E-state index in [1.165, 1.54) is 6.07 Å². The van der Waals surface area contributed by atoms with Crippen LogP contribution in [0.4, 0.5) is 5.69 Å². The molecular weight excluding hydrogens is 320 g/mol. The summed E-state index contributed by atoms with van der Waals surface area (Å²) in [5.74, 6) is -0.0664. The van der Waals surface area contributed by atoms with E-state index in [0.717, 1.165) is 5.56 Å². The van der Waals surface area contributed by atoms with E-state index < -0.39 is 6.10 Å². The topological polar surface area (TPSA) is 64.5 Å². The largest absolute Gasteiger partial charge is 0.505 e. The van der Waals surface area contributed by atoms with E-state index in [0.29, 0.717) is 27.9 Å². The molecule has 0 aliphatic carbocycles. The highest BCUT2D eigenvalue weighted by Gasteiger charge is 2.14. The van der Waals surface area contributed by atoms with Crippen LogP contribution in [0.25, 0.3) is 0 Å². The van der Waals surface area contributed by atoms with Crippen molar-refractivity contribution in [3.8, 4) is 5.75 Å². The zero-order chi connectivity index (χ0) is 16.1. The number of aromatic hydroxyl groups is 1. The van der Waals surface area contributed by atoms with Crippen LogP contribution in [0, 0.1) is 0 Å². The van der Waals surface area contributed by atoms with E-state index in [2.05, 4.69) is 10.6 Å². The quantitative estimate of drug-likeness (QED) is 0.507. The number of hydrogen-bond acceptors (Lipinski definition) is 3. The molecule has 0 fully saturated rings. The number of phenols is 1. The molecule has 2 aromatic carbocycles. The number of anilines is 1. The van der Waals surface area contributed by atoms with Gasteiger partial charge in [-0.2, -0.15) is 0 Å². The first kappa shape index (κ1) is 16.5. The molecule has 2 rings (SSSR count). The fourth-order valence-corrected chi connectivity index (χ4v) is 2.39. The standard InChI is InChI=1S/C16H17ClN2O2S/c1-10(20)13-7-12(17)8-14(15(13)21)19-16(22)18-9-11-5-3-2-4-6-11/h2-8,10,20-21H,9H2,1H3,(H2,18,19,22). The van der Waals surface area contributed by atoms with Gasteiger partial charge in [-0.15, -0.1) is 0 Å². The first-order valence-corrected chi connectivity index (χ1v) is 7.55. The molecule has 116 valence electrons. The monoisotopic (exact) mass is 336 g/mol. The molecule has 0 bridgehead atoms. The van der Waals surface area contributed by atoms with E-state index in [1.807, 2.05) is 30.3 Å². The smallest absolute Gasteiger partial charge is 0.171 e. The fourth-order valence-electron chi connectivity index (χ4n) is 1.98. The summed E-state index contributed by atoms with van der Waals surface area (Å²) in [5, 5.41) is 26.5. The second-order valence-corrected chi connectivity index (χ2v) is 5.71. The fraction of sp³-hybridized carbons (Fsp3) is 0.188. The number of aliphatic hydroxyl groups is 1. The van der Waals surface area contributed by atoms with Gasteiger partial charge in [-0.05, 0) is 36.8 Å². The number of aliphatic hydroxyl groups excluding tert-OH is 1. The molecule has 0 saturated heterocycles. The highest BCUT2D eigenvalue weighted by molar-refractivity contribution is 7.80. The minimum Gasteiger partial charge on any atom is -0.505 e. The maximum atomic E-state index is 10.1. The molecule has 0 aliphatic heterocycles. The Hall–Kier alpha value is -1.82. The summed E-state index contributed by atoms with van der Waals surface area (Å²) in [4.78, 5) is 0. The van der Waals surface area contributed by atoms with Crippen molar-refractivity contribution in [1.29, 1.82) is 0 Å². The van der Waals surface area contributed by atoms with Gasteiger partial charge in [-0.1, -0.05) is 41.9 Å². The third-order valence-corrected chi connectivity index (χ3v) is 3.56. The van der Waals surface area contributed by atoms with Gasteiger partial charge in [0.15, 0.2) is 5.11 Å². The maximum Gasteiger partial charge on any atom is 0.171 e. The molecule has 0 heterocycles. The van der Waals surface area contributed by atoms with Gasteiger partial charge >= 0.3 is 0 Å². The van der Waals surface area contributed by atoms with Crippen LogP contribution in [0.2, 0.25) is 5.02 Å². The molecule has 6 heteroatoms. The molecule has 4 N–H and O–H groups in total. The summed E-state index contributed by atoms with van der Waals surface area (Å²) < 4.78 is 0. The first-order chi connectivity index (χ1) is 10.5. The van der Waals surface area contributed by atoms with Crippen molar-refractivity contribution in [3.63, 3.8) is 0 Å². The number of halogens is 1. The van der Waals surface area contributed by atoms with E-state index in [1.54, 1.807) is 13.0 Å². The third kappa shape index (κ3) is 4.34. The Morgan fingerprint density at radius 1 is 1.27 bits per heavy atom. The Bertz CT molecular complexity index is 663. The first-order valence-electron chi connectivity index (χ1n) is 6.76.